The molecule has 0 bridgehead atoms. The Balaban J connectivity index is 2.56. The normalized spacial score (nSPS) is 10.3. The van der Waals surface area contributed by atoms with Gasteiger partial charge in [-0.1, -0.05) is 12.1 Å². The van der Waals surface area contributed by atoms with Gasteiger partial charge in [0.15, 0.2) is 5.82 Å². The fourth-order valence-electron chi connectivity index (χ4n) is 1.61. The molecule has 0 aliphatic rings. The first-order chi connectivity index (χ1) is 7.74. The van der Waals surface area contributed by atoms with E-state index in [-0.39, 0.29) is 5.56 Å². The van der Waals surface area contributed by atoms with E-state index in [9.17, 15) is 4.79 Å². The first kappa shape index (κ1) is 10.4. The number of aromatic nitrogens is 3. The van der Waals surface area contributed by atoms with Crippen molar-refractivity contribution in [3.63, 3.8) is 0 Å². The van der Waals surface area contributed by atoms with Gasteiger partial charge in [-0.25, -0.2) is 9.67 Å². The van der Waals surface area contributed by atoms with Crippen LogP contribution in [0.4, 0.5) is 0 Å². The van der Waals surface area contributed by atoms with Crippen molar-refractivity contribution >= 4 is 0 Å². The standard InChI is InChI=1S/C12H13N3O/c1-3-6-10-9(2)14-15(12(10)16)11-7-4-5-8-13-11/h3-5,7-8,14H,1,6H2,2H3. The predicted octanol–water partition coefficient (Wildman–Crippen LogP) is 1.60. The molecule has 0 saturated heterocycles. The van der Waals surface area contributed by atoms with Gasteiger partial charge >= 0.3 is 0 Å². The molecule has 0 aliphatic carbocycles. The highest BCUT2D eigenvalue weighted by molar-refractivity contribution is 5.26. The molecule has 0 aromatic carbocycles. The van der Waals surface area contributed by atoms with Gasteiger partial charge in [-0.2, -0.15) is 0 Å². The van der Waals surface area contributed by atoms with E-state index in [4.69, 9.17) is 0 Å². The molecule has 16 heavy (non-hydrogen) atoms. The average Bonchev–Trinajstić information content (AvgIpc) is 2.59. The monoisotopic (exact) mass is 215 g/mol. The van der Waals surface area contributed by atoms with Crippen LogP contribution in [0.1, 0.15) is 11.3 Å². The van der Waals surface area contributed by atoms with Gasteiger partial charge in [0.25, 0.3) is 5.56 Å². The van der Waals surface area contributed by atoms with Crippen LogP contribution in [0.2, 0.25) is 0 Å². The lowest BCUT2D eigenvalue weighted by atomic mass is 10.2. The molecule has 2 aromatic heterocycles. The molecule has 4 nitrogen and oxygen atoms in total. The van der Waals surface area contributed by atoms with Crippen molar-refractivity contribution in [1.29, 1.82) is 0 Å². The topological polar surface area (TPSA) is 50.7 Å². The summed E-state index contributed by atoms with van der Waals surface area (Å²) in [7, 11) is 0. The van der Waals surface area contributed by atoms with Gasteiger partial charge in [0.2, 0.25) is 0 Å². The third kappa shape index (κ3) is 1.69. The summed E-state index contributed by atoms with van der Waals surface area (Å²) in [6, 6.07) is 5.45. The van der Waals surface area contributed by atoms with E-state index >= 15 is 0 Å². The van der Waals surface area contributed by atoms with Crippen molar-refractivity contribution in [3.05, 3.63) is 58.7 Å². The van der Waals surface area contributed by atoms with E-state index < -0.39 is 0 Å². The molecule has 0 radical (unpaired) electrons. The molecule has 0 atom stereocenters. The Morgan fingerprint density at radius 1 is 1.56 bits per heavy atom. The molecule has 0 aliphatic heterocycles. The molecule has 1 N–H and O–H groups in total. The van der Waals surface area contributed by atoms with E-state index in [1.807, 2.05) is 19.1 Å². The molecular weight excluding hydrogens is 202 g/mol. The van der Waals surface area contributed by atoms with Gasteiger partial charge in [-0.15, -0.1) is 6.58 Å². The number of nitrogens with zero attached hydrogens (tertiary/aromatic N) is 2. The van der Waals surface area contributed by atoms with Gasteiger partial charge in [-0.3, -0.25) is 9.89 Å². The first-order valence-electron chi connectivity index (χ1n) is 5.07. The zero-order valence-electron chi connectivity index (χ0n) is 9.10. The molecule has 2 heterocycles. The summed E-state index contributed by atoms with van der Waals surface area (Å²) < 4.78 is 1.45. The summed E-state index contributed by atoms with van der Waals surface area (Å²) in [5.74, 6) is 0.603. The zero-order chi connectivity index (χ0) is 11.5. The van der Waals surface area contributed by atoms with Crippen LogP contribution in [0.5, 0.6) is 0 Å². The molecule has 0 amide bonds. The maximum Gasteiger partial charge on any atom is 0.276 e. The molecule has 82 valence electrons. The Bertz CT molecular complexity index is 551. The average molecular weight is 215 g/mol. The van der Waals surface area contributed by atoms with Crippen LogP contribution in [0.15, 0.2) is 41.8 Å². The van der Waals surface area contributed by atoms with E-state index in [2.05, 4.69) is 16.7 Å². The number of aromatic amines is 1. The largest absolute Gasteiger partial charge is 0.294 e. The molecule has 4 heteroatoms. The molecule has 0 unspecified atom stereocenters. The van der Waals surface area contributed by atoms with Crippen LogP contribution in [-0.4, -0.2) is 14.8 Å². The minimum Gasteiger partial charge on any atom is -0.294 e. The second-order valence-electron chi connectivity index (χ2n) is 3.54. The van der Waals surface area contributed by atoms with Crippen LogP contribution in [0.3, 0.4) is 0 Å². The highest BCUT2D eigenvalue weighted by Crippen LogP contribution is 2.04. The number of rotatable bonds is 3. The van der Waals surface area contributed by atoms with E-state index in [0.29, 0.717) is 12.2 Å². The van der Waals surface area contributed by atoms with Crippen LogP contribution in [0, 0.1) is 6.92 Å². The third-order valence-corrected chi connectivity index (χ3v) is 2.42. The summed E-state index contributed by atoms with van der Waals surface area (Å²) in [5, 5.41) is 3.01. The summed E-state index contributed by atoms with van der Waals surface area (Å²) >= 11 is 0. The Morgan fingerprint density at radius 2 is 2.38 bits per heavy atom. The van der Waals surface area contributed by atoms with E-state index in [1.54, 1.807) is 18.3 Å². The number of allylic oxidation sites excluding steroid dienone is 1. The van der Waals surface area contributed by atoms with Crippen molar-refractivity contribution in [1.82, 2.24) is 14.8 Å². The number of aryl methyl sites for hydroxylation is 1. The number of hydrogen-bond donors (Lipinski definition) is 1. The molecule has 0 spiro atoms. The molecular formula is C12H13N3O. The number of nitrogens with one attached hydrogen (secondary N) is 1. The van der Waals surface area contributed by atoms with Gasteiger partial charge in [-0.05, 0) is 25.5 Å². The molecule has 2 aromatic rings. The SMILES string of the molecule is C=CCc1c(C)[nH]n(-c2ccccn2)c1=O. The summed E-state index contributed by atoms with van der Waals surface area (Å²) in [4.78, 5) is 16.2. The maximum atomic E-state index is 12.0. The summed E-state index contributed by atoms with van der Waals surface area (Å²) in [5.41, 5.74) is 1.53. The molecule has 2 rings (SSSR count). The Morgan fingerprint density at radius 3 is 3.00 bits per heavy atom. The predicted molar refractivity (Wildman–Crippen MR) is 62.8 cm³/mol. The Labute approximate surface area is 93.2 Å². The minimum absolute atomic E-state index is 0.0592. The van der Waals surface area contributed by atoms with Crippen LogP contribution in [0.25, 0.3) is 5.82 Å². The second kappa shape index (κ2) is 4.18. The van der Waals surface area contributed by atoms with E-state index in [0.717, 1.165) is 11.3 Å². The fraction of sp³-hybridized carbons (Fsp3) is 0.167. The lowest BCUT2D eigenvalue weighted by Crippen LogP contribution is -2.17. The van der Waals surface area contributed by atoms with Gasteiger partial charge in [0.05, 0.1) is 0 Å². The summed E-state index contributed by atoms with van der Waals surface area (Å²) in [6.45, 7) is 5.52. The smallest absolute Gasteiger partial charge is 0.276 e. The molecule has 0 fully saturated rings. The minimum atomic E-state index is -0.0592. The van der Waals surface area contributed by atoms with E-state index in [1.165, 1.54) is 4.68 Å². The number of hydrogen-bond acceptors (Lipinski definition) is 2. The van der Waals surface area contributed by atoms with Crippen LogP contribution >= 0.6 is 0 Å². The lowest BCUT2D eigenvalue weighted by molar-refractivity contribution is 0.806. The van der Waals surface area contributed by atoms with Crippen molar-refractivity contribution in [3.8, 4) is 5.82 Å². The van der Waals surface area contributed by atoms with Crippen molar-refractivity contribution < 1.29 is 0 Å². The quantitative estimate of drug-likeness (QED) is 0.790. The molecule has 0 saturated carbocycles. The Hall–Kier alpha value is -2.10. The number of pyridine rings is 1. The summed E-state index contributed by atoms with van der Waals surface area (Å²) in [6.07, 6.45) is 3.95. The second-order valence-corrected chi connectivity index (χ2v) is 3.54. The highest BCUT2D eigenvalue weighted by atomic mass is 16.1. The van der Waals surface area contributed by atoms with Crippen LogP contribution < -0.4 is 5.56 Å². The van der Waals surface area contributed by atoms with Gasteiger partial charge in [0.1, 0.15) is 0 Å². The number of H-pyrrole nitrogens is 1. The van der Waals surface area contributed by atoms with Crippen molar-refractivity contribution in [2.45, 2.75) is 13.3 Å². The highest BCUT2D eigenvalue weighted by Gasteiger charge is 2.10. The van der Waals surface area contributed by atoms with Crippen LogP contribution in [-0.2, 0) is 6.42 Å². The van der Waals surface area contributed by atoms with Crippen molar-refractivity contribution in [2.24, 2.45) is 0 Å². The fourth-order valence-corrected chi connectivity index (χ4v) is 1.61. The van der Waals surface area contributed by atoms with Crippen molar-refractivity contribution in [2.75, 3.05) is 0 Å². The van der Waals surface area contributed by atoms with Gasteiger partial charge < -0.3 is 0 Å². The lowest BCUT2D eigenvalue weighted by Gasteiger charge is -1.98. The Kier molecular flexibility index (Phi) is 2.72. The maximum absolute atomic E-state index is 12.0. The zero-order valence-corrected chi connectivity index (χ0v) is 9.10. The third-order valence-electron chi connectivity index (χ3n) is 2.42. The first-order valence-corrected chi connectivity index (χ1v) is 5.07. The van der Waals surface area contributed by atoms with Gasteiger partial charge in [0, 0.05) is 17.5 Å².